The van der Waals surface area contributed by atoms with E-state index < -0.39 is 0 Å². The lowest BCUT2D eigenvalue weighted by atomic mass is 9.83. The van der Waals surface area contributed by atoms with E-state index in [1.54, 1.807) is 0 Å². The molecular weight excluding hydrogens is 268 g/mol. The summed E-state index contributed by atoms with van der Waals surface area (Å²) in [5, 5.41) is 0.825. The van der Waals surface area contributed by atoms with E-state index >= 15 is 0 Å². The van der Waals surface area contributed by atoms with Gasteiger partial charge in [0.05, 0.1) is 0 Å². The first-order chi connectivity index (χ1) is 9.54. The Labute approximate surface area is 125 Å². The molecule has 1 aliphatic heterocycles. The molecular formula is C17H19ClN2. The van der Waals surface area contributed by atoms with E-state index in [4.69, 9.17) is 17.3 Å². The van der Waals surface area contributed by atoms with Crippen LogP contribution in [0.15, 0.2) is 36.4 Å². The summed E-state index contributed by atoms with van der Waals surface area (Å²) in [6, 6.07) is 12.4. The van der Waals surface area contributed by atoms with Crippen LogP contribution in [0.4, 0.5) is 5.69 Å². The maximum absolute atomic E-state index is 6.26. The second kappa shape index (κ2) is 5.12. The van der Waals surface area contributed by atoms with Crippen molar-refractivity contribution in [2.24, 2.45) is 0 Å². The molecule has 0 aliphatic carbocycles. The Bertz CT molecular complexity index is 634. The van der Waals surface area contributed by atoms with Gasteiger partial charge in [0, 0.05) is 29.7 Å². The van der Waals surface area contributed by atoms with Crippen molar-refractivity contribution in [2.75, 3.05) is 19.3 Å². The van der Waals surface area contributed by atoms with Crippen LogP contribution in [-0.2, 0) is 6.54 Å². The van der Waals surface area contributed by atoms with Gasteiger partial charge in [0.1, 0.15) is 0 Å². The highest BCUT2D eigenvalue weighted by Gasteiger charge is 2.26. The molecule has 0 fully saturated rings. The number of hydrogen-bond acceptors (Lipinski definition) is 2. The topological polar surface area (TPSA) is 29.3 Å². The summed E-state index contributed by atoms with van der Waals surface area (Å²) in [6.45, 7) is 4.14. The first kappa shape index (κ1) is 13.5. The van der Waals surface area contributed by atoms with Crippen molar-refractivity contribution < 1.29 is 0 Å². The van der Waals surface area contributed by atoms with Gasteiger partial charge in [0.25, 0.3) is 0 Å². The van der Waals surface area contributed by atoms with Gasteiger partial charge in [0.2, 0.25) is 0 Å². The maximum atomic E-state index is 6.26. The van der Waals surface area contributed by atoms with E-state index in [-0.39, 0.29) is 0 Å². The van der Waals surface area contributed by atoms with Crippen LogP contribution in [0.3, 0.4) is 0 Å². The number of nitrogens with two attached hydrogens (primary N) is 1. The number of aryl methyl sites for hydroxylation is 1. The molecule has 3 rings (SSSR count). The predicted octanol–water partition coefficient (Wildman–Crippen LogP) is 3.81. The number of fused-ring (bicyclic) bond motifs is 1. The van der Waals surface area contributed by atoms with Gasteiger partial charge in [-0.15, -0.1) is 0 Å². The van der Waals surface area contributed by atoms with Gasteiger partial charge < -0.3 is 10.6 Å². The molecule has 0 saturated carbocycles. The normalized spacial score (nSPS) is 18.9. The van der Waals surface area contributed by atoms with Gasteiger partial charge in [-0.05, 0) is 60.5 Å². The van der Waals surface area contributed by atoms with Gasteiger partial charge in [-0.25, -0.2) is 0 Å². The number of hydrogen-bond donors (Lipinski definition) is 1. The summed E-state index contributed by atoms with van der Waals surface area (Å²) in [5.74, 6) is 0.363. The quantitative estimate of drug-likeness (QED) is 0.808. The minimum absolute atomic E-state index is 0.363. The third-order valence-corrected chi connectivity index (χ3v) is 4.33. The van der Waals surface area contributed by atoms with Crippen LogP contribution in [0.25, 0.3) is 0 Å². The zero-order chi connectivity index (χ0) is 14.3. The van der Waals surface area contributed by atoms with E-state index in [0.717, 1.165) is 23.8 Å². The molecule has 0 amide bonds. The molecule has 3 heteroatoms. The number of benzene rings is 2. The highest BCUT2D eigenvalue weighted by Crippen LogP contribution is 2.36. The Kier molecular flexibility index (Phi) is 3.45. The minimum Gasteiger partial charge on any atom is -0.399 e. The molecule has 104 valence electrons. The lowest BCUT2D eigenvalue weighted by molar-refractivity contribution is 0.294. The fourth-order valence-electron chi connectivity index (χ4n) is 3.08. The number of anilines is 1. The molecule has 1 heterocycles. The fraction of sp³-hybridized carbons (Fsp3) is 0.294. The molecule has 2 aromatic rings. The standard InChI is InChI=1S/C17H19ClN2/c1-11-7-13(18)8-15-16(11)9-20(2)10-17(15)12-3-5-14(19)6-4-12/h3-8,17H,9-10,19H2,1-2H3. The van der Waals surface area contributed by atoms with Gasteiger partial charge in [-0.1, -0.05) is 23.7 Å². The van der Waals surface area contributed by atoms with Gasteiger partial charge in [-0.3, -0.25) is 0 Å². The van der Waals surface area contributed by atoms with Crippen LogP contribution in [0.5, 0.6) is 0 Å². The van der Waals surface area contributed by atoms with Crippen LogP contribution in [0.1, 0.15) is 28.2 Å². The van der Waals surface area contributed by atoms with E-state index in [1.165, 1.54) is 22.3 Å². The van der Waals surface area contributed by atoms with Gasteiger partial charge in [0.15, 0.2) is 0 Å². The highest BCUT2D eigenvalue weighted by atomic mass is 35.5. The summed E-state index contributed by atoms with van der Waals surface area (Å²) >= 11 is 6.26. The predicted molar refractivity (Wildman–Crippen MR) is 85.2 cm³/mol. The van der Waals surface area contributed by atoms with Gasteiger partial charge in [-0.2, -0.15) is 0 Å². The third-order valence-electron chi connectivity index (χ3n) is 4.11. The monoisotopic (exact) mass is 286 g/mol. The summed E-state index contributed by atoms with van der Waals surface area (Å²) in [6.07, 6.45) is 0. The smallest absolute Gasteiger partial charge is 0.0411 e. The Morgan fingerprint density at radius 3 is 2.60 bits per heavy atom. The molecule has 1 aliphatic rings. The molecule has 1 atom stereocenters. The third kappa shape index (κ3) is 2.41. The number of likely N-dealkylation sites (N-methyl/N-ethyl adjacent to an activating group) is 1. The average Bonchev–Trinajstić information content (AvgIpc) is 2.40. The van der Waals surface area contributed by atoms with E-state index in [0.29, 0.717) is 5.92 Å². The first-order valence-corrected chi connectivity index (χ1v) is 7.25. The molecule has 20 heavy (non-hydrogen) atoms. The molecule has 0 aromatic heterocycles. The molecule has 0 bridgehead atoms. The number of halogens is 1. The zero-order valence-electron chi connectivity index (χ0n) is 11.9. The fourth-order valence-corrected chi connectivity index (χ4v) is 3.36. The van der Waals surface area contributed by atoms with Crippen LogP contribution < -0.4 is 5.73 Å². The Morgan fingerprint density at radius 2 is 1.90 bits per heavy atom. The molecule has 0 saturated heterocycles. The van der Waals surface area contributed by atoms with E-state index in [1.807, 2.05) is 12.1 Å². The highest BCUT2D eigenvalue weighted by molar-refractivity contribution is 6.30. The van der Waals surface area contributed by atoms with Gasteiger partial charge >= 0.3 is 0 Å². The van der Waals surface area contributed by atoms with E-state index in [2.05, 4.69) is 43.1 Å². The van der Waals surface area contributed by atoms with Crippen LogP contribution in [-0.4, -0.2) is 18.5 Å². The van der Waals surface area contributed by atoms with Crippen molar-refractivity contribution in [2.45, 2.75) is 19.4 Å². The summed E-state index contributed by atoms with van der Waals surface area (Å²) in [5.41, 5.74) is 11.9. The van der Waals surface area contributed by atoms with Crippen LogP contribution >= 0.6 is 11.6 Å². The van der Waals surface area contributed by atoms with Crippen molar-refractivity contribution in [3.8, 4) is 0 Å². The number of nitrogens with zero attached hydrogens (tertiary/aromatic N) is 1. The number of nitrogen functional groups attached to an aromatic ring is 1. The van der Waals surface area contributed by atoms with Crippen LogP contribution in [0.2, 0.25) is 5.02 Å². The first-order valence-electron chi connectivity index (χ1n) is 6.87. The lowest BCUT2D eigenvalue weighted by Gasteiger charge is -2.34. The summed E-state index contributed by atoms with van der Waals surface area (Å²) in [4.78, 5) is 2.37. The average molecular weight is 287 g/mol. The van der Waals surface area contributed by atoms with Crippen molar-refractivity contribution in [3.63, 3.8) is 0 Å². The van der Waals surface area contributed by atoms with Crippen molar-refractivity contribution in [3.05, 3.63) is 63.7 Å². The summed E-state index contributed by atoms with van der Waals surface area (Å²) in [7, 11) is 2.17. The second-order valence-electron chi connectivity index (χ2n) is 5.71. The van der Waals surface area contributed by atoms with E-state index in [9.17, 15) is 0 Å². The Hall–Kier alpha value is -1.51. The Morgan fingerprint density at radius 1 is 1.20 bits per heavy atom. The molecule has 0 radical (unpaired) electrons. The molecule has 2 N–H and O–H groups in total. The zero-order valence-corrected chi connectivity index (χ0v) is 12.6. The molecule has 2 aromatic carbocycles. The molecule has 0 spiro atoms. The molecule has 1 unspecified atom stereocenters. The van der Waals surface area contributed by atoms with Crippen molar-refractivity contribution in [1.82, 2.24) is 4.90 Å². The van der Waals surface area contributed by atoms with Crippen molar-refractivity contribution in [1.29, 1.82) is 0 Å². The Balaban J connectivity index is 2.12. The largest absolute Gasteiger partial charge is 0.399 e. The second-order valence-corrected chi connectivity index (χ2v) is 6.14. The lowest BCUT2D eigenvalue weighted by Crippen LogP contribution is -2.31. The summed E-state index contributed by atoms with van der Waals surface area (Å²) < 4.78 is 0. The SMILES string of the molecule is Cc1cc(Cl)cc2c1CN(C)CC2c1ccc(N)cc1. The number of rotatable bonds is 1. The molecule has 2 nitrogen and oxygen atoms in total. The maximum Gasteiger partial charge on any atom is 0.0411 e. The van der Waals surface area contributed by atoms with Crippen molar-refractivity contribution >= 4 is 17.3 Å². The minimum atomic E-state index is 0.363. The van der Waals surface area contributed by atoms with Crippen LogP contribution in [0, 0.1) is 6.92 Å².